The summed E-state index contributed by atoms with van der Waals surface area (Å²) in [6.45, 7) is 6.43. The quantitative estimate of drug-likeness (QED) is 0.449. The lowest BCUT2D eigenvalue weighted by molar-refractivity contribution is -0.117. The summed E-state index contributed by atoms with van der Waals surface area (Å²) in [5.74, 6) is 0.0623. The molecule has 0 aromatic carbocycles. The molecule has 1 N–H and O–H groups in total. The SMILES string of the molecule is CCCCCCC/C=C/C(=O)NC(CC)CC. The van der Waals surface area contributed by atoms with Crippen molar-refractivity contribution in [3.05, 3.63) is 12.2 Å². The van der Waals surface area contributed by atoms with Crippen molar-refractivity contribution in [3.63, 3.8) is 0 Å². The van der Waals surface area contributed by atoms with Crippen molar-refractivity contribution in [1.29, 1.82) is 0 Å². The smallest absolute Gasteiger partial charge is 0.243 e. The van der Waals surface area contributed by atoms with Crippen LogP contribution in [0.4, 0.5) is 0 Å². The van der Waals surface area contributed by atoms with Gasteiger partial charge in [-0.2, -0.15) is 0 Å². The maximum absolute atomic E-state index is 11.5. The van der Waals surface area contributed by atoms with E-state index in [2.05, 4.69) is 26.1 Å². The van der Waals surface area contributed by atoms with Crippen molar-refractivity contribution in [2.45, 2.75) is 78.2 Å². The van der Waals surface area contributed by atoms with Gasteiger partial charge in [-0.1, -0.05) is 52.5 Å². The second-order valence-electron chi connectivity index (χ2n) is 4.63. The highest BCUT2D eigenvalue weighted by Crippen LogP contribution is 2.05. The molecule has 0 radical (unpaired) electrons. The summed E-state index contributed by atoms with van der Waals surface area (Å²) < 4.78 is 0. The molecule has 0 bridgehead atoms. The molecule has 0 aliphatic heterocycles. The third kappa shape index (κ3) is 10.1. The van der Waals surface area contributed by atoms with Gasteiger partial charge in [0.25, 0.3) is 0 Å². The summed E-state index contributed by atoms with van der Waals surface area (Å²) in [4.78, 5) is 11.5. The highest BCUT2D eigenvalue weighted by Gasteiger charge is 2.04. The van der Waals surface area contributed by atoms with Crippen LogP contribution in [-0.4, -0.2) is 11.9 Å². The largest absolute Gasteiger partial charge is 0.350 e. The fraction of sp³-hybridized carbons (Fsp3) is 0.800. The summed E-state index contributed by atoms with van der Waals surface area (Å²) >= 11 is 0. The molecule has 0 fully saturated rings. The monoisotopic (exact) mass is 239 g/mol. The van der Waals surface area contributed by atoms with Gasteiger partial charge < -0.3 is 5.32 Å². The lowest BCUT2D eigenvalue weighted by atomic mass is 10.1. The van der Waals surface area contributed by atoms with Crippen LogP contribution in [0, 0.1) is 0 Å². The molecule has 17 heavy (non-hydrogen) atoms. The van der Waals surface area contributed by atoms with Crippen LogP contribution < -0.4 is 5.32 Å². The van der Waals surface area contributed by atoms with Crippen LogP contribution in [-0.2, 0) is 4.79 Å². The molecule has 1 amide bonds. The normalized spacial score (nSPS) is 11.3. The zero-order valence-corrected chi connectivity index (χ0v) is 11.8. The minimum atomic E-state index is 0.0623. The summed E-state index contributed by atoms with van der Waals surface area (Å²) in [5, 5.41) is 3.00. The van der Waals surface area contributed by atoms with Gasteiger partial charge in [-0.3, -0.25) is 4.79 Å². The molecule has 0 aliphatic rings. The number of hydrogen-bond acceptors (Lipinski definition) is 1. The third-order valence-corrected chi connectivity index (χ3v) is 3.08. The molecule has 0 aliphatic carbocycles. The van der Waals surface area contributed by atoms with Crippen LogP contribution in [0.2, 0.25) is 0 Å². The van der Waals surface area contributed by atoms with Crippen molar-refractivity contribution >= 4 is 5.91 Å². The molecule has 0 aromatic rings. The van der Waals surface area contributed by atoms with Crippen molar-refractivity contribution in [3.8, 4) is 0 Å². The lowest BCUT2D eigenvalue weighted by Crippen LogP contribution is -2.32. The number of carbonyl (C=O) groups excluding carboxylic acids is 1. The van der Waals surface area contributed by atoms with E-state index in [0.717, 1.165) is 19.3 Å². The predicted octanol–water partition coefficient (Wildman–Crippen LogP) is 4.21. The van der Waals surface area contributed by atoms with Crippen LogP contribution in [0.15, 0.2) is 12.2 Å². The average molecular weight is 239 g/mol. The van der Waals surface area contributed by atoms with E-state index in [1.165, 1.54) is 32.1 Å². The van der Waals surface area contributed by atoms with Crippen molar-refractivity contribution in [2.24, 2.45) is 0 Å². The Kier molecular flexibility index (Phi) is 11.1. The Morgan fingerprint density at radius 3 is 2.29 bits per heavy atom. The molecule has 0 saturated carbocycles. The van der Waals surface area contributed by atoms with Crippen molar-refractivity contribution in [2.75, 3.05) is 0 Å². The van der Waals surface area contributed by atoms with E-state index in [1.54, 1.807) is 6.08 Å². The molecular formula is C15H29NO. The molecule has 0 atom stereocenters. The Bertz CT molecular complexity index is 207. The molecular weight excluding hydrogens is 210 g/mol. The summed E-state index contributed by atoms with van der Waals surface area (Å²) in [7, 11) is 0. The Balaban J connectivity index is 3.53. The Hall–Kier alpha value is -0.790. The third-order valence-electron chi connectivity index (χ3n) is 3.08. The Labute approximate surface area is 107 Å². The molecule has 2 heteroatoms. The number of allylic oxidation sites excluding steroid dienone is 1. The summed E-state index contributed by atoms with van der Waals surface area (Å²) in [5.41, 5.74) is 0. The van der Waals surface area contributed by atoms with Crippen LogP contribution >= 0.6 is 0 Å². The van der Waals surface area contributed by atoms with Gasteiger partial charge in [0, 0.05) is 6.04 Å². The van der Waals surface area contributed by atoms with E-state index in [4.69, 9.17) is 0 Å². The van der Waals surface area contributed by atoms with Crippen LogP contribution in [0.5, 0.6) is 0 Å². The first-order valence-corrected chi connectivity index (χ1v) is 7.21. The van der Waals surface area contributed by atoms with Gasteiger partial charge in [0.05, 0.1) is 0 Å². The van der Waals surface area contributed by atoms with Gasteiger partial charge in [-0.15, -0.1) is 0 Å². The molecule has 0 heterocycles. The number of rotatable bonds is 10. The molecule has 2 nitrogen and oxygen atoms in total. The van der Waals surface area contributed by atoms with Gasteiger partial charge in [0.2, 0.25) is 5.91 Å². The topological polar surface area (TPSA) is 29.1 Å². The first-order chi connectivity index (χ1) is 8.24. The number of amides is 1. The number of nitrogens with one attached hydrogen (secondary N) is 1. The Morgan fingerprint density at radius 2 is 1.71 bits per heavy atom. The summed E-state index contributed by atoms with van der Waals surface area (Å²) in [6, 6.07) is 0.330. The van der Waals surface area contributed by atoms with E-state index in [0.29, 0.717) is 6.04 Å². The molecule has 0 aromatic heterocycles. The highest BCUT2D eigenvalue weighted by atomic mass is 16.1. The molecule has 100 valence electrons. The van der Waals surface area contributed by atoms with Crippen LogP contribution in [0.1, 0.15) is 72.1 Å². The first-order valence-electron chi connectivity index (χ1n) is 7.21. The minimum Gasteiger partial charge on any atom is -0.350 e. The zero-order chi connectivity index (χ0) is 12.9. The summed E-state index contributed by atoms with van der Waals surface area (Å²) in [6.07, 6.45) is 13.2. The second-order valence-corrected chi connectivity index (χ2v) is 4.63. The minimum absolute atomic E-state index is 0.0623. The number of hydrogen-bond donors (Lipinski definition) is 1. The van der Waals surface area contributed by atoms with E-state index in [9.17, 15) is 4.79 Å². The van der Waals surface area contributed by atoms with Gasteiger partial charge in [0.15, 0.2) is 0 Å². The fourth-order valence-corrected chi connectivity index (χ4v) is 1.80. The number of unbranched alkanes of at least 4 members (excludes halogenated alkanes) is 5. The Morgan fingerprint density at radius 1 is 1.06 bits per heavy atom. The van der Waals surface area contributed by atoms with Gasteiger partial charge in [-0.05, 0) is 31.8 Å². The van der Waals surface area contributed by atoms with Crippen molar-refractivity contribution in [1.82, 2.24) is 5.32 Å². The average Bonchev–Trinajstić information content (AvgIpc) is 2.34. The van der Waals surface area contributed by atoms with Crippen molar-refractivity contribution < 1.29 is 4.79 Å². The second kappa shape index (κ2) is 11.7. The number of carbonyl (C=O) groups is 1. The fourth-order valence-electron chi connectivity index (χ4n) is 1.80. The maximum Gasteiger partial charge on any atom is 0.243 e. The van der Waals surface area contributed by atoms with Crippen LogP contribution in [0.3, 0.4) is 0 Å². The standard InChI is InChI=1S/C15H29NO/c1-4-7-8-9-10-11-12-13-15(17)16-14(5-2)6-3/h12-14H,4-11H2,1-3H3,(H,16,17)/b13-12+. The first kappa shape index (κ1) is 16.2. The maximum atomic E-state index is 11.5. The van der Waals surface area contributed by atoms with E-state index < -0.39 is 0 Å². The van der Waals surface area contributed by atoms with Crippen LogP contribution in [0.25, 0.3) is 0 Å². The molecule has 0 unspecified atom stereocenters. The van der Waals surface area contributed by atoms with Gasteiger partial charge in [0.1, 0.15) is 0 Å². The predicted molar refractivity (Wildman–Crippen MR) is 75.0 cm³/mol. The van der Waals surface area contributed by atoms with Gasteiger partial charge in [-0.25, -0.2) is 0 Å². The molecule has 0 rings (SSSR count). The molecule has 0 saturated heterocycles. The lowest BCUT2D eigenvalue weighted by Gasteiger charge is -2.12. The highest BCUT2D eigenvalue weighted by molar-refractivity contribution is 5.87. The van der Waals surface area contributed by atoms with E-state index in [1.807, 2.05) is 6.08 Å². The van der Waals surface area contributed by atoms with E-state index in [-0.39, 0.29) is 5.91 Å². The molecule has 0 spiro atoms. The zero-order valence-electron chi connectivity index (χ0n) is 11.8. The van der Waals surface area contributed by atoms with E-state index >= 15 is 0 Å². The van der Waals surface area contributed by atoms with Gasteiger partial charge >= 0.3 is 0 Å².